The van der Waals surface area contributed by atoms with Crippen molar-refractivity contribution >= 4 is 21.9 Å². The van der Waals surface area contributed by atoms with Gasteiger partial charge in [-0.1, -0.05) is 22.0 Å². The first-order valence-corrected chi connectivity index (χ1v) is 7.14. The van der Waals surface area contributed by atoms with Crippen LogP contribution in [0.3, 0.4) is 0 Å². The van der Waals surface area contributed by atoms with Crippen molar-refractivity contribution in [2.45, 2.75) is 38.4 Å². The summed E-state index contributed by atoms with van der Waals surface area (Å²) < 4.78 is 20.0. The second-order valence-electron chi connectivity index (χ2n) is 4.86. The SMILES string of the molecule is O=C(O)C1CCC(OCc2ccc(Br)cc2F)CC1. The van der Waals surface area contributed by atoms with Crippen LogP contribution in [0.25, 0.3) is 0 Å². The minimum atomic E-state index is -0.725. The van der Waals surface area contributed by atoms with E-state index in [1.807, 2.05) is 0 Å². The van der Waals surface area contributed by atoms with Gasteiger partial charge in [-0.15, -0.1) is 0 Å². The van der Waals surface area contributed by atoms with Crippen molar-refractivity contribution < 1.29 is 19.0 Å². The zero-order chi connectivity index (χ0) is 13.8. The lowest BCUT2D eigenvalue weighted by Crippen LogP contribution is -2.26. The first kappa shape index (κ1) is 14.5. The lowest BCUT2D eigenvalue weighted by molar-refractivity contribution is -0.143. The standard InChI is InChI=1S/C14H16BrFO3/c15-11-4-1-10(13(16)7-11)8-19-12-5-2-9(3-6-12)14(17)18/h1,4,7,9,12H,2-3,5-6,8H2,(H,17,18). The number of carbonyl (C=O) groups is 1. The Hall–Kier alpha value is -0.940. The summed E-state index contributed by atoms with van der Waals surface area (Å²) in [7, 11) is 0. The van der Waals surface area contributed by atoms with E-state index in [1.165, 1.54) is 6.07 Å². The van der Waals surface area contributed by atoms with Gasteiger partial charge in [0, 0.05) is 10.0 Å². The third-order valence-corrected chi connectivity index (χ3v) is 4.01. The van der Waals surface area contributed by atoms with Crippen molar-refractivity contribution in [3.63, 3.8) is 0 Å². The Morgan fingerprint density at radius 2 is 2.05 bits per heavy atom. The Labute approximate surface area is 119 Å². The first-order valence-electron chi connectivity index (χ1n) is 6.34. The van der Waals surface area contributed by atoms with Gasteiger partial charge in [0.25, 0.3) is 0 Å². The second-order valence-corrected chi connectivity index (χ2v) is 5.77. The van der Waals surface area contributed by atoms with Crippen LogP contribution in [-0.4, -0.2) is 17.2 Å². The molecule has 0 spiro atoms. The minimum Gasteiger partial charge on any atom is -0.481 e. The molecule has 0 aliphatic heterocycles. The van der Waals surface area contributed by atoms with Gasteiger partial charge in [-0.2, -0.15) is 0 Å². The number of ether oxygens (including phenoxy) is 1. The molecule has 0 amide bonds. The van der Waals surface area contributed by atoms with Crippen LogP contribution in [0.5, 0.6) is 0 Å². The zero-order valence-corrected chi connectivity index (χ0v) is 12.0. The van der Waals surface area contributed by atoms with Crippen molar-refractivity contribution in [1.82, 2.24) is 0 Å². The lowest BCUT2D eigenvalue weighted by Gasteiger charge is -2.26. The van der Waals surface area contributed by atoms with Crippen LogP contribution in [0.4, 0.5) is 4.39 Å². The average Bonchev–Trinajstić information content (AvgIpc) is 2.38. The highest BCUT2D eigenvalue weighted by Crippen LogP contribution is 2.27. The largest absolute Gasteiger partial charge is 0.481 e. The number of hydrogen-bond donors (Lipinski definition) is 1. The highest BCUT2D eigenvalue weighted by Gasteiger charge is 2.26. The van der Waals surface area contributed by atoms with Gasteiger partial charge >= 0.3 is 5.97 Å². The van der Waals surface area contributed by atoms with Crippen LogP contribution in [0, 0.1) is 11.7 Å². The average molecular weight is 331 g/mol. The normalized spacial score (nSPS) is 23.3. The summed E-state index contributed by atoms with van der Waals surface area (Å²) in [6, 6.07) is 4.89. The molecule has 0 unspecified atom stereocenters. The number of aliphatic carboxylic acids is 1. The van der Waals surface area contributed by atoms with Crippen LogP contribution < -0.4 is 0 Å². The number of halogens is 2. The summed E-state index contributed by atoms with van der Waals surface area (Å²) in [5, 5.41) is 8.90. The molecule has 1 aromatic rings. The van der Waals surface area contributed by atoms with Crippen LogP contribution in [-0.2, 0) is 16.1 Å². The molecule has 1 N–H and O–H groups in total. The van der Waals surface area contributed by atoms with Crippen molar-refractivity contribution in [3.8, 4) is 0 Å². The molecule has 104 valence electrons. The van der Waals surface area contributed by atoms with E-state index in [4.69, 9.17) is 9.84 Å². The molecule has 0 radical (unpaired) electrons. The molecule has 1 fully saturated rings. The number of hydrogen-bond acceptors (Lipinski definition) is 2. The van der Waals surface area contributed by atoms with Gasteiger partial charge in [-0.25, -0.2) is 4.39 Å². The lowest BCUT2D eigenvalue weighted by atomic mass is 9.87. The molecule has 0 aromatic heterocycles. The molecule has 2 rings (SSSR count). The van der Waals surface area contributed by atoms with Crippen molar-refractivity contribution in [1.29, 1.82) is 0 Å². The molecule has 0 saturated heterocycles. The van der Waals surface area contributed by atoms with Gasteiger partial charge in [0.15, 0.2) is 0 Å². The predicted octanol–water partition coefficient (Wildman–Crippen LogP) is 3.75. The van der Waals surface area contributed by atoms with Crippen molar-refractivity contribution in [3.05, 3.63) is 34.1 Å². The van der Waals surface area contributed by atoms with E-state index in [0.717, 1.165) is 12.8 Å². The summed E-state index contributed by atoms with van der Waals surface area (Å²) in [4.78, 5) is 10.8. The summed E-state index contributed by atoms with van der Waals surface area (Å²) in [6.07, 6.45) is 2.79. The monoisotopic (exact) mass is 330 g/mol. The number of carboxylic acid groups (broad SMARTS) is 1. The number of carboxylic acids is 1. The molecule has 0 bridgehead atoms. The molecule has 1 aliphatic carbocycles. The zero-order valence-electron chi connectivity index (χ0n) is 10.4. The fourth-order valence-corrected chi connectivity index (χ4v) is 2.66. The van der Waals surface area contributed by atoms with Gasteiger partial charge in [0.05, 0.1) is 18.6 Å². The van der Waals surface area contributed by atoms with Gasteiger partial charge in [-0.3, -0.25) is 4.79 Å². The summed E-state index contributed by atoms with van der Waals surface area (Å²) in [5.74, 6) is -1.25. The van der Waals surface area contributed by atoms with Crippen molar-refractivity contribution in [2.24, 2.45) is 5.92 Å². The second kappa shape index (κ2) is 6.48. The fraction of sp³-hybridized carbons (Fsp3) is 0.500. The third kappa shape index (κ3) is 4.01. The van der Waals surface area contributed by atoms with E-state index >= 15 is 0 Å². The Kier molecular flexibility index (Phi) is 4.93. The summed E-state index contributed by atoms with van der Waals surface area (Å²) >= 11 is 3.21. The molecular weight excluding hydrogens is 315 g/mol. The van der Waals surface area contributed by atoms with E-state index in [-0.39, 0.29) is 24.4 Å². The van der Waals surface area contributed by atoms with Gasteiger partial charge in [0.1, 0.15) is 5.82 Å². The van der Waals surface area contributed by atoms with Crippen LogP contribution >= 0.6 is 15.9 Å². The predicted molar refractivity (Wildman–Crippen MR) is 72.3 cm³/mol. The Morgan fingerprint density at radius 3 is 2.63 bits per heavy atom. The molecule has 0 heterocycles. The van der Waals surface area contributed by atoms with Gasteiger partial charge < -0.3 is 9.84 Å². The maximum Gasteiger partial charge on any atom is 0.306 e. The van der Waals surface area contributed by atoms with Crippen molar-refractivity contribution in [2.75, 3.05) is 0 Å². The summed E-state index contributed by atoms with van der Waals surface area (Å²) in [5.41, 5.74) is 0.531. The minimum absolute atomic E-state index is 0.0404. The maximum absolute atomic E-state index is 13.6. The smallest absolute Gasteiger partial charge is 0.306 e. The maximum atomic E-state index is 13.6. The van der Waals surface area contributed by atoms with Gasteiger partial charge in [-0.05, 0) is 37.8 Å². The third-order valence-electron chi connectivity index (χ3n) is 3.51. The van der Waals surface area contributed by atoms with E-state index in [2.05, 4.69) is 15.9 Å². The summed E-state index contributed by atoms with van der Waals surface area (Å²) in [6.45, 7) is 0.238. The Bertz CT molecular complexity index is 456. The highest BCUT2D eigenvalue weighted by atomic mass is 79.9. The molecule has 1 aromatic carbocycles. The van der Waals surface area contributed by atoms with E-state index in [9.17, 15) is 9.18 Å². The fourth-order valence-electron chi connectivity index (χ4n) is 2.32. The van der Waals surface area contributed by atoms with Crippen LogP contribution in [0.2, 0.25) is 0 Å². The quantitative estimate of drug-likeness (QED) is 0.914. The molecule has 1 aliphatic rings. The molecule has 3 nitrogen and oxygen atoms in total. The van der Waals surface area contributed by atoms with E-state index in [0.29, 0.717) is 22.9 Å². The molecular formula is C14H16BrFO3. The van der Waals surface area contributed by atoms with E-state index in [1.54, 1.807) is 12.1 Å². The van der Waals surface area contributed by atoms with Gasteiger partial charge in [0.2, 0.25) is 0 Å². The molecule has 19 heavy (non-hydrogen) atoms. The topological polar surface area (TPSA) is 46.5 Å². The highest BCUT2D eigenvalue weighted by molar-refractivity contribution is 9.10. The van der Waals surface area contributed by atoms with Crippen LogP contribution in [0.15, 0.2) is 22.7 Å². The van der Waals surface area contributed by atoms with Crippen LogP contribution in [0.1, 0.15) is 31.2 Å². The number of rotatable bonds is 4. The Morgan fingerprint density at radius 1 is 1.37 bits per heavy atom. The first-order chi connectivity index (χ1) is 9.06. The molecule has 5 heteroatoms. The van der Waals surface area contributed by atoms with E-state index < -0.39 is 5.97 Å². The molecule has 1 saturated carbocycles. The molecule has 0 atom stereocenters. The number of benzene rings is 1. The Balaban J connectivity index is 1.82.